The van der Waals surface area contributed by atoms with Gasteiger partial charge in [0.25, 0.3) is 5.91 Å². The number of aryl methyl sites for hydroxylation is 1. The van der Waals surface area contributed by atoms with Gasteiger partial charge in [0.15, 0.2) is 0 Å². The van der Waals surface area contributed by atoms with Crippen molar-refractivity contribution in [2.24, 2.45) is 0 Å². The molecule has 0 bridgehead atoms. The highest BCUT2D eigenvalue weighted by Gasteiger charge is 2.10. The van der Waals surface area contributed by atoms with Gasteiger partial charge in [0.05, 0.1) is 0 Å². The summed E-state index contributed by atoms with van der Waals surface area (Å²) in [7, 11) is 0. The van der Waals surface area contributed by atoms with Crippen LogP contribution >= 0.6 is 15.9 Å². The zero-order valence-electron chi connectivity index (χ0n) is 20.3. The second-order valence-corrected chi connectivity index (χ2v) is 9.32. The molecule has 1 N–H and O–H groups in total. The van der Waals surface area contributed by atoms with Gasteiger partial charge in [0.2, 0.25) is 0 Å². The van der Waals surface area contributed by atoms with E-state index in [-0.39, 0.29) is 5.57 Å². The molecule has 0 atom stereocenters. The Balaban J connectivity index is 1.31. The number of benzene rings is 4. The van der Waals surface area contributed by atoms with Gasteiger partial charge in [0, 0.05) is 10.2 Å². The molecular formula is C31H25BrN2O3. The molecule has 4 aromatic rings. The Morgan fingerprint density at radius 3 is 1.86 bits per heavy atom. The highest BCUT2D eigenvalue weighted by Crippen LogP contribution is 2.20. The van der Waals surface area contributed by atoms with Crippen LogP contribution in [0.3, 0.4) is 0 Å². The molecule has 1 amide bonds. The van der Waals surface area contributed by atoms with Crippen LogP contribution in [0.5, 0.6) is 11.5 Å². The Morgan fingerprint density at radius 2 is 1.32 bits per heavy atom. The molecule has 5 nitrogen and oxygen atoms in total. The van der Waals surface area contributed by atoms with Crippen molar-refractivity contribution < 1.29 is 14.3 Å². The van der Waals surface area contributed by atoms with E-state index in [1.807, 2.05) is 73.7 Å². The van der Waals surface area contributed by atoms with Crippen molar-refractivity contribution in [3.05, 3.63) is 129 Å². The van der Waals surface area contributed by atoms with Crippen LogP contribution in [-0.2, 0) is 18.0 Å². The minimum absolute atomic E-state index is 0.00360. The third kappa shape index (κ3) is 7.83. The predicted octanol–water partition coefficient (Wildman–Crippen LogP) is 7.46. The van der Waals surface area contributed by atoms with Crippen LogP contribution in [0.15, 0.2) is 107 Å². The molecule has 184 valence electrons. The van der Waals surface area contributed by atoms with Crippen LogP contribution in [0, 0.1) is 18.3 Å². The van der Waals surface area contributed by atoms with E-state index >= 15 is 0 Å². The highest BCUT2D eigenvalue weighted by atomic mass is 79.9. The van der Waals surface area contributed by atoms with Gasteiger partial charge in [-0.2, -0.15) is 5.26 Å². The maximum Gasteiger partial charge on any atom is 0.266 e. The second-order valence-electron chi connectivity index (χ2n) is 8.41. The molecule has 0 spiro atoms. The summed E-state index contributed by atoms with van der Waals surface area (Å²) in [5.74, 6) is 0.913. The lowest BCUT2D eigenvalue weighted by Crippen LogP contribution is -2.13. The molecule has 0 aliphatic heterocycles. The molecule has 0 saturated heterocycles. The monoisotopic (exact) mass is 552 g/mol. The van der Waals surface area contributed by atoms with Crippen LogP contribution in [0.2, 0.25) is 0 Å². The van der Waals surface area contributed by atoms with E-state index in [9.17, 15) is 10.1 Å². The molecule has 6 heteroatoms. The molecule has 0 aliphatic carbocycles. The molecule has 0 radical (unpaired) electrons. The molecule has 0 aliphatic rings. The number of carbonyl (C=O) groups excluding carboxylic acids is 1. The van der Waals surface area contributed by atoms with Gasteiger partial charge in [-0.05, 0) is 78.2 Å². The number of ether oxygens (including phenoxy) is 2. The molecule has 0 unspecified atom stereocenters. The van der Waals surface area contributed by atoms with Gasteiger partial charge in [-0.1, -0.05) is 70.0 Å². The lowest BCUT2D eigenvalue weighted by molar-refractivity contribution is -0.112. The fourth-order valence-electron chi connectivity index (χ4n) is 3.41. The number of rotatable bonds is 9. The Hall–Kier alpha value is -4.34. The average molecular weight is 553 g/mol. The SMILES string of the molecule is Cc1ccc(COc2ccc(/C=C(\C#N)C(=O)Nc3ccc(OCc4ccc(Br)cc4)cc3)cc2)cc1. The lowest BCUT2D eigenvalue weighted by atomic mass is 10.1. The number of carbonyl (C=O) groups is 1. The minimum Gasteiger partial charge on any atom is -0.489 e. The number of halogens is 1. The van der Waals surface area contributed by atoms with Crippen molar-refractivity contribution in [1.82, 2.24) is 0 Å². The molecule has 0 saturated carbocycles. The van der Waals surface area contributed by atoms with Crippen LogP contribution in [0.4, 0.5) is 5.69 Å². The topological polar surface area (TPSA) is 71.3 Å². The fourth-order valence-corrected chi connectivity index (χ4v) is 3.67. The zero-order valence-corrected chi connectivity index (χ0v) is 21.9. The van der Waals surface area contributed by atoms with Crippen molar-refractivity contribution in [2.75, 3.05) is 5.32 Å². The minimum atomic E-state index is -0.481. The Morgan fingerprint density at radius 1 is 0.811 bits per heavy atom. The van der Waals surface area contributed by atoms with Crippen LogP contribution in [0.1, 0.15) is 22.3 Å². The number of nitrogens with one attached hydrogen (secondary N) is 1. The first-order chi connectivity index (χ1) is 18.0. The summed E-state index contributed by atoms with van der Waals surface area (Å²) in [6, 6.07) is 32.4. The van der Waals surface area contributed by atoms with Crippen molar-refractivity contribution in [3.8, 4) is 17.6 Å². The van der Waals surface area contributed by atoms with Crippen molar-refractivity contribution in [2.45, 2.75) is 20.1 Å². The van der Waals surface area contributed by atoms with Gasteiger partial charge in [0.1, 0.15) is 36.4 Å². The van der Waals surface area contributed by atoms with Gasteiger partial charge in [-0.15, -0.1) is 0 Å². The van der Waals surface area contributed by atoms with E-state index in [0.29, 0.717) is 30.4 Å². The summed E-state index contributed by atoms with van der Waals surface area (Å²) in [4.78, 5) is 12.7. The molecule has 0 aromatic heterocycles. The molecule has 4 rings (SSSR count). The van der Waals surface area contributed by atoms with Gasteiger partial charge in [-0.25, -0.2) is 0 Å². The summed E-state index contributed by atoms with van der Waals surface area (Å²) in [5, 5.41) is 12.3. The Labute approximate surface area is 225 Å². The van der Waals surface area contributed by atoms with Crippen molar-refractivity contribution in [1.29, 1.82) is 5.26 Å². The van der Waals surface area contributed by atoms with E-state index in [1.165, 1.54) is 5.56 Å². The van der Waals surface area contributed by atoms with E-state index < -0.39 is 5.91 Å². The summed E-state index contributed by atoms with van der Waals surface area (Å²) in [5.41, 5.74) is 4.64. The predicted molar refractivity (Wildman–Crippen MR) is 149 cm³/mol. The Kier molecular flexibility index (Phi) is 8.75. The van der Waals surface area contributed by atoms with Gasteiger partial charge >= 0.3 is 0 Å². The molecule has 0 fully saturated rings. The zero-order chi connectivity index (χ0) is 26.0. The first-order valence-electron chi connectivity index (χ1n) is 11.7. The largest absolute Gasteiger partial charge is 0.489 e. The third-order valence-corrected chi connectivity index (χ3v) is 6.04. The number of hydrogen-bond donors (Lipinski definition) is 1. The highest BCUT2D eigenvalue weighted by molar-refractivity contribution is 9.10. The molecular weight excluding hydrogens is 528 g/mol. The van der Waals surface area contributed by atoms with E-state index in [1.54, 1.807) is 30.3 Å². The first-order valence-corrected chi connectivity index (χ1v) is 12.5. The summed E-state index contributed by atoms with van der Waals surface area (Å²) in [6.45, 7) is 2.95. The smallest absolute Gasteiger partial charge is 0.266 e. The maximum absolute atomic E-state index is 12.7. The normalized spacial score (nSPS) is 10.9. The summed E-state index contributed by atoms with van der Waals surface area (Å²) < 4.78 is 12.6. The van der Waals surface area contributed by atoms with Crippen LogP contribution in [0.25, 0.3) is 6.08 Å². The standard InChI is InChI=1S/C31H25BrN2O3/c1-22-2-4-24(5-3-22)20-36-29-14-8-23(9-15-29)18-26(19-33)31(35)34-28-12-16-30(17-13-28)37-21-25-6-10-27(32)11-7-25/h2-18H,20-21H2,1H3,(H,34,35)/b26-18+. The van der Waals surface area contributed by atoms with Crippen LogP contribution < -0.4 is 14.8 Å². The number of nitrogens with zero attached hydrogens (tertiary/aromatic N) is 1. The average Bonchev–Trinajstić information content (AvgIpc) is 2.92. The third-order valence-electron chi connectivity index (χ3n) is 5.51. The number of nitriles is 1. The number of amides is 1. The van der Waals surface area contributed by atoms with E-state index in [2.05, 4.69) is 33.4 Å². The van der Waals surface area contributed by atoms with E-state index in [0.717, 1.165) is 21.2 Å². The molecule has 0 heterocycles. The maximum atomic E-state index is 12.7. The summed E-state index contributed by atoms with van der Waals surface area (Å²) in [6.07, 6.45) is 1.55. The molecule has 37 heavy (non-hydrogen) atoms. The van der Waals surface area contributed by atoms with E-state index in [4.69, 9.17) is 9.47 Å². The number of hydrogen-bond acceptors (Lipinski definition) is 4. The van der Waals surface area contributed by atoms with Crippen molar-refractivity contribution >= 4 is 33.6 Å². The fraction of sp³-hybridized carbons (Fsp3) is 0.0968. The number of anilines is 1. The first kappa shape index (κ1) is 25.7. The lowest BCUT2D eigenvalue weighted by Gasteiger charge is -2.09. The second kappa shape index (κ2) is 12.6. The molecule has 4 aromatic carbocycles. The quantitative estimate of drug-likeness (QED) is 0.173. The van der Waals surface area contributed by atoms with Gasteiger partial charge < -0.3 is 14.8 Å². The summed E-state index contributed by atoms with van der Waals surface area (Å²) >= 11 is 3.42. The Bertz CT molecular complexity index is 1400. The van der Waals surface area contributed by atoms with Crippen LogP contribution in [-0.4, -0.2) is 5.91 Å². The van der Waals surface area contributed by atoms with Gasteiger partial charge in [-0.3, -0.25) is 4.79 Å². The van der Waals surface area contributed by atoms with Crippen molar-refractivity contribution in [3.63, 3.8) is 0 Å².